The largest absolute Gasteiger partial charge is 0.480 e. The summed E-state index contributed by atoms with van der Waals surface area (Å²) in [7, 11) is 1.67. The Kier molecular flexibility index (Phi) is 5.79. The number of carboxylic acid groups (broad SMARTS) is 1. The third kappa shape index (κ3) is 4.58. The molecule has 0 saturated carbocycles. The number of aromatic nitrogens is 4. The van der Waals surface area contributed by atoms with Crippen molar-refractivity contribution in [2.75, 3.05) is 19.5 Å². The van der Waals surface area contributed by atoms with E-state index in [1.54, 1.807) is 7.11 Å². The highest BCUT2D eigenvalue weighted by atomic mass is 32.2. The maximum absolute atomic E-state index is 10.5. The Labute approximate surface area is 97.2 Å². The molecule has 16 heavy (non-hydrogen) atoms. The molecule has 1 heterocycles. The van der Waals surface area contributed by atoms with Crippen LogP contribution in [0.25, 0.3) is 0 Å². The molecule has 0 aliphatic heterocycles. The molecule has 0 unspecified atom stereocenters. The van der Waals surface area contributed by atoms with Gasteiger partial charge in [-0.05, 0) is 23.3 Å². The molecule has 0 aliphatic rings. The molecule has 0 atom stereocenters. The van der Waals surface area contributed by atoms with Crippen LogP contribution in [0.1, 0.15) is 12.8 Å². The minimum atomic E-state index is -0.950. The Hall–Kier alpha value is -1.15. The second kappa shape index (κ2) is 7.18. The predicted octanol–water partition coefficient (Wildman–Crippen LogP) is 0.276. The number of rotatable bonds is 8. The van der Waals surface area contributed by atoms with Gasteiger partial charge in [0.25, 0.3) is 0 Å². The van der Waals surface area contributed by atoms with Gasteiger partial charge < -0.3 is 9.84 Å². The number of carboxylic acids is 1. The first-order chi connectivity index (χ1) is 7.74. The zero-order valence-corrected chi connectivity index (χ0v) is 9.81. The summed E-state index contributed by atoms with van der Waals surface area (Å²) in [6.45, 7) is 0.536. The second-order valence-electron chi connectivity index (χ2n) is 3.06. The van der Waals surface area contributed by atoms with E-state index in [9.17, 15) is 4.79 Å². The third-order valence-corrected chi connectivity index (χ3v) is 2.80. The number of hydrogen-bond acceptors (Lipinski definition) is 6. The first-order valence-electron chi connectivity index (χ1n) is 4.83. The molecular weight excluding hydrogens is 232 g/mol. The lowest BCUT2D eigenvalue weighted by atomic mass is 10.4. The summed E-state index contributed by atoms with van der Waals surface area (Å²) in [5.41, 5.74) is 0. The summed E-state index contributed by atoms with van der Waals surface area (Å²) >= 11 is 1.45. The molecule has 0 aliphatic carbocycles. The molecule has 0 aromatic carbocycles. The molecule has 0 bridgehead atoms. The summed E-state index contributed by atoms with van der Waals surface area (Å²) in [6.07, 6.45) is 1.96. The number of carbonyl (C=O) groups is 1. The summed E-state index contributed by atoms with van der Waals surface area (Å²) in [4.78, 5) is 10.5. The van der Waals surface area contributed by atoms with E-state index in [0.29, 0.717) is 5.16 Å². The molecule has 90 valence electrons. The highest BCUT2D eigenvalue weighted by Crippen LogP contribution is 2.15. The lowest BCUT2D eigenvalue weighted by Crippen LogP contribution is -2.11. The third-order valence-electron chi connectivity index (χ3n) is 1.76. The lowest BCUT2D eigenvalue weighted by Gasteiger charge is -2.01. The van der Waals surface area contributed by atoms with Crippen LogP contribution in [0.15, 0.2) is 5.16 Å². The number of nitrogens with zero attached hydrogens (tertiary/aromatic N) is 4. The van der Waals surface area contributed by atoms with E-state index < -0.39 is 5.97 Å². The fourth-order valence-corrected chi connectivity index (χ4v) is 1.91. The first-order valence-corrected chi connectivity index (χ1v) is 5.82. The van der Waals surface area contributed by atoms with Crippen LogP contribution < -0.4 is 0 Å². The maximum atomic E-state index is 10.5. The zero-order valence-electron chi connectivity index (χ0n) is 9.00. The molecule has 0 radical (unpaired) electrons. The minimum Gasteiger partial charge on any atom is -0.480 e. The summed E-state index contributed by atoms with van der Waals surface area (Å²) in [5.74, 6) is -0.0999. The molecule has 0 amide bonds. The van der Waals surface area contributed by atoms with Crippen molar-refractivity contribution in [3.05, 3.63) is 0 Å². The number of hydrogen-bond donors (Lipinski definition) is 1. The fourth-order valence-electron chi connectivity index (χ4n) is 1.04. The highest BCUT2D eigenvalue weighted by molar-refractivity contribution is 7.99. The van der Waals surface area contributed by atoms with E-state index in [0.717, 1.165) is 25.2 Å². The lowest BCUT2D eigenvalue weighted by molar-refractivity contribution is -0.138. The SMILES string of the molecule is COCCCCSc1nnnn1CC(=O)O. The summed E-state index contributed by atoms with van der Waals surface area (Å²) < 4.78 is 6.20. The van der Waals surface area contributed by atoms with Gasteiger partial charge in [-0.2, -0.15) is 0 Å². The molecule has 8 heteroatoms. The van der Waals surface area contributed by atoms with Gasteiger partial charge in [0.2, 0.25) is 5.16 Å². The van der Waals surface area contributed by atoms with Gasteiger partial charge in [-0.25, -0.2) is 4.68 Å². The number of unbranched alkanes of at least 4 members (excludes halogenated alkanes) is 1. The van der Waals surface area contributed by atoms with Crippen LogP contribution in [0, 0.1) is 0 Å². The smallest absolute Gasteiger partial charge is 0.325 e. The average Bonchev–Trinajstić information content (AvgIpc) is 2.64. The molecule has 1 aromatic heterocycles. The Morgan fingerprint density at radius 1 is 1.56 bits per heavy atom. The van der Waals surface area contributed by atoms with Crippen molar-refractivity contribution in [2.45, 2.75) is 24.5 Å². The average molecular weight is 246 g/mol. The van der Waals surface area contributed by atoms with Crippen molar-refractivity contribution >= 4 is 17.7 Å². The number of thioether (sulfide) groups is 1. The Morgan fingerprint density at radius 3 is 3.06 bits per heavy atom. The molecule has 1 rings (SSSR count). The van der Waals surface area contributed by atoms with Crippen LogP contribution in [0.5, 0.6) is 0 Å². The van der Waals surface area contributed by atoms with Crippen LogP contribution in [-0.2, 0) is 16.1 Å². The van der Waals surface area contributed by atoms with Crippen LogP contribution in [0.3, 0.4) is 0 Å². The van der Waals surface area contributed by atoms with Crippen molar-refractivity contribution in [2.24, 2.45) is 0 Å². The number of tetrazole rings is 1. The van der Waals surface area contributed by atoms with Crippen molar-refractivity contribution in [3.63, 3.8) is 0 Å². The van der Waals surface area contributed by atoms with Crippen molar-refractivity contribution in [1.29, 1.82) is 0 Å². The van der Waals surface area contributed by atoms with Gasteiger partial charge in [-0.3, -0.25) is 4.79 Å². The van der Waals surface area contributed by atoms with Crippen molar-refractivity contribution in [3.8, 4) is 0 Å². The van der Waals surface area contributed by atoms with E-state index in [4.69, 9.17) is 9.84 Å². The van der Waals surface area contributed by atoms with Gasteiger partial charge in [-0.1, -0.05) is 11.8 Å². The van der Waals surface area contributed by atoms with E-state index in [1.165, 1.54) is 16.4 Å². The topological polar surface area (TPSA) is 90.1 Å². The Morgan fingerprint density at radius 2 is 2.38 bits per heavy atom. The summed E-state index contributed by atoms with van der Waals surface area (Å²) in [5, 5.41) is 20.0. The van der Waals surface area contributed by atoms with Gasteiger partial charge >= 0.3 is 5.97 Å². The zero-order chi connectivity index (χ0) is 11.8. The fraction of sp³-hybridized carbons (Fsp3) is 0.750. The van der Waals surface area contributed by atoms with Gasteiger partial charge in [0, 0.05) is 19.5 Å². The summed E-state index contributed by atoms with van der Waals surface area (Å²) in [6, 6.07) is 0. The number of aliphatic carboxylic acids is 1. The van der Waals surface area contributed by atoms with Crippen molar-refractivity contribution < 1.29 is 14.6 Å². The molecule has 0 saturated heterocycles. The second-order valence-corrected chi connectivity index (χ2v) is 4.12. The van der Waals surface area contributed by atoms with E-state index in [-0.39, 0.29) is 6.54 Å². The molecule has 0 spiro atoms. The maximum Gasteiger partial charge on any atom is 0.325 e. The van der Waals surface area contributed by atoms with Crippen LogP contribution in [0.4, 0.5) is 0 Å². The molecule has 7 nitrogen and oxygen atoms in total. The predicted molar refractivity (Wildman–Crippen MR) is 57.3 cm³/mol. The molecular formula is C8H14N4O3S. The van der Waals surface area contributed by atoms with Gasteiger partial charge in [0.05, 0.1) is 0 Å². The number of ether oxygens (including phenoxy) is 1. The molecule has 1 N–H and O–H groups in total. The molecule has 1 aromatic rings. The molecule has 0 fully saturated rings. The first kappa shape index (κ1) is 12.9. The van der Waals surface area contributed by atoms with E-state index in [2.05, 4.69) is 15.5 Å². The van der Waals surface area contributed by atoms with Gasteiger partial charge in [0.1, 0.15) is 6.54 Å². The van der Waals surface area contributed by atoms with Crippen LogP contribution in [0.2, 0.25) is 0 Å². The minimum absolute atomic E-state index is 0.201. The standard InChI is InChI=1S/C8H14N4O3S/c1-15-4-2-3-5-16-8-9-10-11-12(8)6-7(13)14/h2-6H2,1H3,(H,13,14). The van der Waals surface area contributed by atoms with Crippen LogP contribution >= 0.6 is 11.8 Å². The monoisotopic (exact) mass is 246 g/mol. The quantitative estimate of drug-likeness (QED) is 0.520. The van der Waals surface area contributed by atoms with Gasteiger partial charge in [0.15, 0.2) is 0 Å². The van der Waals surface area contributed by atoms with E-state index in [1.807, 2.05) is 0 Å². The Balaban J connectivity index is 2.30. The van der Waals surface area contributed by atoms with Gasteiger partial charge in [-0.15, -0.1) is 5.10 Å². The van der Waals surface area contributed by atoms with Crippen molar-refractivity contribution in [1.82, 2.24) is 20.2 Å². The Bertz CT molecular complexity index is 331. The van der Waals surface area contributed by atoms with Crippen LogP contribution in [-0.4, -0.2) is 50.8 Å². The normalized spacial score (nSPS) is 10.6. The number of methoxy groups -OCH3 is 1. The highest BCUT2D eigenvalue weighted by Gasteiger charge is 2.09. The van der Waals surface area contributed by atoms with E-state index >= 15 is 0 Å².